The third-order valence-electron chi connectivity index (χ3n) is 2.48. The van der Waals surface area contributed by atoms with Gasteiger partial charge in [0.25, 0.3) is 6.43 Å². The van der Waals surface area contributed by atoms with E-state index in [1.165, 1.54) is 18.5 Å². The average molecular weight is 258 g/mol. The molecule has 0 aliphatic rings. The zero-order valence-electron chi connectivity index (χ0n) is 11.0. The van der Waals surface area contributed by atoms with Crippen LogP contribution in [0.2, 0.25) is 0 Å². The van der Waals surface area contributed by atoms with Crippen LogP contribution >= 0.6 is 0 Å². The highest BCUT2D eigenvalue weighted by atomic mass is 19.3. The van der Waals surface area contributed by atoms with E-state index in [2.05, 4.69) is 18.8 Å². The third-order valence-corrected chi connectivity index (χ3v) is 2.48. The van der Waals surface area contributed by atoms with Crippen molar-refractivity contribution in [2.24, 2.45) is 11.7 Å². The molecule has 1 atom stereocenters. The number of nitrogens with two attached hydrogens (primary N) is 1. The van der Waals surface area contributed by atoms with Gasteiger partial charge in [0.15, 0.2) is 0 Å². The number of halogens is 2. The summed E-state index contributed by atoms with van der Waals surface area (Å²) in [5.41, 5.74) is 5.37. The molecule has 0 fully saturated rings. The molecule has 1 rings (SSSR count). The molecule has 102 valence electrons. The van der Waals surface area contributed by atoms with Crippen LogP contribution in [0.1, 0.15) is 39.2 Å². The molecular weight excluding hydrogens is 238 g/mol. The van der Waals surface area contributed by atoms with E-state index >= 15 is 0 Å². The molecule has 0 saturated carbocycles. The van der Waals surface area contributed by atoms with Crippen LogP contribution in [0.5, 0.6) is 5.75 Å². The Morgan fingerprint density at radius 3 is 2.67 bits per heavy atom. The van der Waals surface area contributed by atoms with E-state index in [0.29, 0.717) is 5.92 Å². The van der Waals surface area contributed by atoms with E-state index in [-0.39, 0.29) is 17.9 Å². The molecule has 0 spiro atoms. The number of pyridine rings is 1. The van der Waals surface area contributed by atoms with Crippen molar-refractivity contribution in [2.45, 2.75) is 39.2 Å². The Morgan fingerprint density at radius 1 is 1.44 bits per heavy atom. The second kappa shape index (κ2) is 6.09. The van der Waals surface area contributed by atoms with Crippen LogP contribution in [0, 0.1) is 5.92 Å². The van der Waals surface area contributed by atoms with Crippen LogP contribution in [0.3, 0.4) is 0 Å². The summed E-state index contributed by atoms with van der Waals surface area (Å²) in [4.78, 5) is 3.79. The highest BCUT2D eigenvalue weighted by molar-refractivity contribution is 5.30. The first-order valence-corrected chi connectivity index (χ1v) is 5.95. The fourth-order valence-electron chi connectivity index (χ4n) is 1.93. The molecule has 1 aromatic rings. The van der Waals surface area contributed by atoms with E-state index in [9.17, 15) is 8.78 Å². The molecule has 18 heavy (non-hydrogen) atoms. The second-order valence-corrected chi connectivity index (χ2v) is 5.25. The molecule has 5 heteroatoms. The molecule has 0 bridgehead atoms. The number of aromatic nitrogens is 1. The van der Waals surface area contributed by atoms with Gasteiger partial charge in [0.2, 0.25) is 0 Å². The lowest BCUT2D eigenvalue weighted by Gasteiger charge is -2.27. The normalized spacial score (nSPS) is 14.9. The standard InChI is InChI=1S/C13H20F2N2O/c1-9(2)6-13(3,16)8-18-11-7-17-5-4-10(11)12(14)15/h4-5,7,9,12H,6,8,16H2,1-3H3. The topological polar surface area (TPSA) is 48.1 Å². The first-order chi connectivity index (χ1) is 8.32. The lowest BCUT2D eigenvalue weighted by molar-refractivity contribution is 0.139. The summed E-state index contributed by atoms with van der Waals surface area (Å²) >= 11 is 0. The molecule has 1 unspecified atom stereocenters. The number of alkyl halides is 2. The summed E-state index contributed by atoms with van der Waals surface area (Å²) < 4.78 is 30.8. The molecule has 1 aromatic heterocycles. The molecule has 0 amide bonds. The minimum atomic E-state index is -2.57. The first kappa shape index (κ1) is 14.8. The molecule has 2 N–H and O–H groups in total. The summed E-state index contributed by atoms with van der Waals surface area (Å²) in [5, 5.41) is 0. The van der Waals surface area contributed by atoms with E-state index in [0.717, 1.165) is 6.42 Å². The van der Waals surface area contributed by atoms with Gasteiger partial charge in [-0.05, 0) is 25.3 Å². The summed E-state index contributed by atoms with van der Waals surface area (Å²) in [6, 6.07) is 1.26. The number of rotatable bonds is 6. The molecule has 0 radical (unpaired) electrons. The summed E-state index contributed by atoms with van der Waals surface area (Å²) in [6.45, 7) is 6.15. The lowest BCUT2D eigenvalue weighted by Crippen LogP contribution is -2.43. The van der Waals surface area contributed by atoms with Gasteiger partial charge in [0, 0.05) is 11.7 Å². The Kier molecular flexibility index (Phi) is 5.02. The Hall–Kier alpha value is -1.23. The second-order valence-electron chi connectivity index (χ2n) is 5.25. The SMILES string of the molecule is CC(C)CC(C)(N)COc1cnccc1C(F)F. The van der Waals surface area contributed by atoms with Crippen molar-refractivity contribution in [1.82, 2.24) is 4.98 Å². The summed E-state index contributed by atoms with van der Waals surface area (Å²) in [7, 11) is 0. The van der Waals surface area contributed by atoms with Crippen molar-refractivity contribution >= 4 is 0 Å². The van der Waals surface area contributed by atoms with Crippen LogP contribution in [0.15, 0.2) is 18.5 Å². The smallest absolute Gasteiger partial charge is 0.267 e. The predicted octanol–water partition coefficient (Wildman–Crippen LogP) is 3.16. The van der Waals surface area contributed by atoms with Crippen molar-refractivity contribution in [3.8, 4) is 5.75 Å². The molecule has 3 nitrogen and oxygen atoms in total. The molecular formula is C13H20F2N2O. The van der Waals surface area contributed by atoms with Gasteiger partial charge in [-0.1, -0.05) is 13.8 Å². The zero-order chi connectivity index (χ0) is 13.8. The van der Waals surface area contributed by atoms with Gasteiger partial charge in [-0.25, -0.2) is 8.78 Å². The largest absolute Gasteiger partial charge is 0.490 e. The number of hydrogen-bond acceptors (Lipinski definition) is 3. The van der Waals surface area contributed by atoms with Crippen molar-refractivity contribution in [3.63, 3.8) is 0 Å². The van der Waals surface area contributed by atoms with E-state index in [1.807, 2.05) is 6.92 Å². The molecule has 0 saturated heterocycles. The van der Waals surface area contributed by atoms with Crippen molar-refractivity contribution < 1.29 is 13.5 Å². The molecule has 0 aliphatic carbocycles. The Labute approximate surface area is 106 Å². The van der Waals surface area contributed by atoms with Crippen LogP contribution < -0.4 is 10.5 Å². The minimum Gasteiger partial charge on any atom is -0.490 e. The van der Waals surface area contributed by atoms with Gasteiger partial charge < -0.3 is 10.5 Å². The average Bonchev–Trinajstić information content (AvgIpc) is 2.25. The summed E-state index contributed by atoms with van der Waals surface area (Å²) in [5.74, 6) is 0.528. The number of hydrogen-bond donors (Lipinski definition) is 1. The number of ether oxygens (including phenoxy) is 1. The number of nitrogens with zero attached hydrogens (tertiary/aromatic N) is 1. The highest BCUT2D eigenvalue weighted by Crippen LogP contribution is 2.28. The zero-order valence-corrected chi connectivity index (χ0v) is 11.0. The Bertz CT molecular complexity index is 381. The monoisotopic (exact) mass is 258 g/mol. The predicted molar refractivity (Wildman–Crippen MR) is 66.7 cm³/mol. The Morgan fingerprint density at radius 2 is 2.11 bits per heavy atom. The quantitative estimate of drug-likeness (QED) is 0.852. The van der Waals surface area contributed by atoms with Gasteiger partial charge in [0.1, 0.15) is 12.4 Å². The van der Waals surface area contributed by atoms with Crippen LogP contribution in [0.4, 0.5) is 8.78 Å². The van der Waals surface area contributed by atoms with Gasteiger partial charge in [-0.3, -0.25) is 4.98 Å². The van der Waals surface area contributed by atoms with Crippen LogP contribution in [-0.2, 0) is 0 Å². The maximum atomic E-state index is 12.7. The third kappa shape index (κ3) is 4.56. The Balaban J connectivity index is 2.68. The van der Waals surface area contributed by atoms with E-state index in [1.54, 1.807) is 0 Å². The van der Waals surface area contributed by atoms with Crippen molar-refractivity contribution in [3.05, 3.63) is 24.0 Å². The highest BCUT2D eigenvalue weighted by Gasteiger charge is 2.22. The summed E-state index contributed by atoms with van der Waals surface area (Å²) in [6.07, 6.45) is 0.811. The van der Waals surface area contributed by atoms with Crippen molar-refractivity contribution in [1.29, 1.82) is 0 Å². The minimum absolute atomic E-state index is 0.105. The molecule has 0 aromatic carbocycles. The van der Waals surface area contributed by atoms with Gasteiger partial charge >= 0.3 is 0 Å². The van der Waals surface area contributed by atoms with Gasteiger partial charge in [-0.15, -0.1) is 0 Å². The molecule has 0 aliphatic heterocycles. The first-order valence-electron chi connectivity index (χ1n) is 5.95. The van der Waals surface area contributed by atoms with Crippen LogP contribution in [0.25, 0.3) is 0 Å². The maximum Gasteiger partial charge on any atom is 0.267 e. The van der Waals surface area contributed by atoms with E-state index in [4.69, 9.17) is 10.5 Å². The van der Waals surface area contributed by atoms with Crippen LogP contribution in [-0.4, -0.2) is 17.1 Å². The lowest BCUT2D eigenvalue weighted by atomic mass is 9.93. The molecule has 1 heterocycles. The fraction of sp³-hybridized carbons (Fsp3) is 0.615. The van der Waals surface area contributed by atoms with Gasteiger partial charge in [-0.2, -0.15) is 0 Å². The fourth-order valence-corrected chi connectivity index (χ4v) is 1.93. The maximum absolute atomic E-state index is 12.7. The van der Waals surface area contributed by atoms with E-state index < -0.39 is 12.0 Å². The van der Waals surface area contributed by atoms with Crippen molar-refractivity contribution in [2.75, 3.05) is 6.61 Å². The van der Waals surface area contributed by atoms with Gasteiger partial charge in [0.05, 0.1) is 11.8 Å².